The monoisotopic (exact) mass is 454 g/mol. The zero-order chi connectivity index (χ0) is 24.2. The van der Waals surface area contributed by atoms with Gasteiger partial charge in [-0.3, -0.25) is 0 Å². The summed E-state index contributed by atoms with van der Waals surface area (Å²) in [5.41, 5.74) is 0.333. The Morgan fingerprint density at radius 3 is 1.73 bits per heavy atom. The third kappa shape index (κ3) is 5.73. The lowest BCUT2D eigenvalue weighted by Gasteiger charge is -2.34. The van der Waals surface area contributed by atoms with E-state index in [-0.39, 0.29) is 24.0 Å². The van der Waals surface area contributed by atoms with Crippen LogP contribution in [0.3, 0.4) is 0 Å². The Bertz CT molecular complexity index is 1080. The number of aryl methyl sites for hydroxylation is 3. The van der Waals surface area contributed by atoms with E-state index in [1.165, 1.54) is 18.2 Å². The van der Waals surface area contributed by atoms with Crippen molar-refractivity contribution in [2.24, 2.45) is 0 Å². The zero-order valence-electron chi connectivity index (χ0n) is 19.0. The van der Waals surface area contributed by atoms with Crippen molar-refractivity contribution in [3.63, 3.8) is 0 Å². The number of alkyl halides is 3. The van der Waals surface area contributed by atoms with Crippen molar-refractivity contribution in [2.45, 2.75) is 51.5 Å². The van der Waals surface area contributed by atoms with Crippen molar-refractivity contribution in [1.29, 1.82) is 0 Å². The lowest BCUT2D eigenvalue weighted by molar-refractivity contribution is -0.250. The molecular formula is C28H29F3O2. The molecule has 3 rings (SSSR count). The van der Waals surface area contributed by atoms with Crippen LogP contribution in [-0.4, -0.2) is 16.4 Å². The molecule has 0 radical (unpaired) electrons. The highest BCUT2D eigenvalue weighted by atomic mass is 19.4. The SMILES string of the molecule is Cc1ccc(/C=C(\CC[C@H](O)c2ccc(C)cc2)[C@](O)(c2ccc(C)cc2)C(F)(F)F)cc1. The first-order valence-electron chi connectivity index (χ1n) is 10.9. The van der Waals surface area contributed by atoms with E-state index in [9.17, 15) is 23.4 Å². The fourth-order valence-corrected chi connectivity index (χ4v) is 3.79. The minimum atomic E-state index is -4.95. The topological polar surface area (TPSA) is 40.5 Å². The van der Waals surface area contributed by atoms with Crippen LogP contribution in [0, 0.1) is 20.8 Å². The van der Waals surface area contributed by atoms with Crippen molar-refractivity contribution in [3.05, 3.63) is 112 Å². The minimum Gasteiger partial charge on any atom is -0.388 e. The minimum absolute atomic E-state index is 0.0327. The Morgan fingerprint density at radius 1 is 0.788 bits per heavy atom. The maximum atomic E-state index is 14.4. The Hall–Kier alpha value is -2.89. The molecule has 0 unspecified atom stereocenters. The number of aliphatic hydroxyl groups is 2. The van der Waals surface area contributed by atoms with Gasteiger partial charge >= 0.3 is 6.18 Å². The second-order valence-electron chi connectivity index (χ2n) is 8.62. The number of benzene rings is 3. The molecule has 0 spiro atoms. The predicted octanol–water partition coefficient (Wildman–Crippen LogP) is 6.96. The molecule has 33 heavy (non-hydrogen) atoms. The molecule has 0 saturated carbocycles. The molecule has 0 bridgehead atoms. The average molecular weight is 455 g/mol. The van der Waals surface area contributed by atoms with Crippen molar-refractivity contribution in [2.75, 3.05) is 0 Å². The standard InChI is InChI=1S/C28H29F3O2/c1-19-4-10-22(11-5-19)18-25(16-17-26(32)23-12-6-20(2)7-13-23)27(33,28(29,30)31)24-14-8-21(3)9-15-24/h4-15,18,26,32-33H,16-17H2,1-3H3/b25-18+/t26-,27+/m0/s1. The maximum Gasteiger partial charge on any atom is 0.425 e. The van der Waals surface area contributed by atoms with Crippen molar-refractivity contribution >= 4 is 6.08 Å². The van der Waals surface area contributed by atoms with Crippen LogP contribution in [0.5, 0.6) is 0 Å². The first kappa shape index (κ1) is 24.7. The molecule has 3 aromatic carbocycles. The van der Waals surface area contributed by atoms with Gasteiger partial charge < -0.3 is 10.2 Å². The molecule has 0 saturated heterocycles. The molecule has 0 aliphatic rings. The summed E-state index contributed by atoms with van der Waals surface area (Å²) in [6, 6.07) is 20.0. The lowest BCUT2D eigenvalue weighted by Crippen LogP contribution is -2.44. The molecule has 2 nitrogen and oxygen atoms in total. The van der Waals surface area contributed by atoms with Crippen LogP contribution in [0.4, 0.5) is 13.2 Å². The highest BCUT2D eigenvalue weighted by Gasteiger charge is 2.57. The average Bonchev–Trinajstić information content (AvgIpc) is 2.77. The van der Waals surface area contributed by atoms with E-state index in [1.807, 2.05) is 38.1 Å². The van der Waals surface area contributed by atoms with Gasteiger partial charge in [-0.15, -0.1) is 0 Å². The van der Waals surface area contributed by atoms with Crippen LogP contribution >= 0.6 is 0 Å². The zero-order valence-corrected chi connectivity index (χ0v) is 19.0. The summed E-state index contributed by atoms with van der Waals surface area (Å²) in [6.07, 6.45) is -4.64. The van der Waals surface area contributed by atoms with Crippen LogP contribution in [-0.2, 0) is 5.60 Å². The predicted molar refractivity (Wildman–Crippen MR) is 126 cm³/mol. The van der Waals surface area contributed by atoms with Gasteiger partial charge in [-0.05, 0) is 55.9 Å². The van der Waals surface area contributed by atoms with E-state index < -0.39 is 17.9 Å². The summed E-state index contributed by atoms with van der Waals surface area (Å²) >= 11 is 0. The van der Waals surface area contributed by atoms with Crippen molar-refractivity contribution in [1.82, 2.24) is 0 Å². The molecule has 0 amide bonds. The van der Waals surface area contributed by atoms with Crippen LogP contribution < -0.4 is 0 Å². The van der Waals surface area contributed by atoms with Crippen LogP contribution in [0.25, 0.3) is 6.08 Å². The van der Waals surface area contributed by atoms with E-state index in [2.05, 4.69) is 0 Å². The third-order valence-corrected chi connectivity index (χ3v) is 5.91. The highest BCUT2D eigenvalue weighted by molar-refractivity contribution is 5.57. The Balaban J connectivity index is 2.04. The van der Waals surface area contributed by atoms with Gasteiger partial charge in [0.1, 0.15) is 0 Å². The van der Waals surface area contributed by atoms with Gasteiger partial charge in [-0.1, -0.05) is 95.6 Å². The highest BCUT2D eigenvalue weighted by Crippen LogP contribution is 2.47. The first-order valence-corrected chi connectivity index (χ1v) is 10.9. The molecule has 2 atom stereocenters. The quantitative estimate of drug-likeness (QED) is 0.405. The van der Waals surface area contributed by atoms with Crippen molar-refractivity contribution < 1.29 is 23.4 Å². The molecule has 174 valence electrons. The Labute approximate surface area is 193 Å². The van der Waals surface area contributed by atoms with Gasteiger partial charge in [0.05, 0.1) is 6.10 Å². The van der Waals surface area contributed by atoms with E-state index >= 15 is 0 Å². The number of halogens is 3. The molecule has 2 N–H and O–H groups in total. The summed E-state index contributed by atoms with van der Waals surface area (Å²) < 4.78 is 43.3. The number of rotatable bonds is 7. The van der Waals surface area contributed by atoms with E-state index in [4.69, 9.17) is 0 Å². The van der Waals surface area contributed by atoms with Crippen LogP contribution in [0.2, 0.25) is 0 Å². The first-order chi connectivity index (χ1) is 15.5. The summed E-state index contributed by atoms with van der Waals surface area (Å²) in [5.74, 6) is 0. The molecule has 5 heteroatoms. The van der Waals surface area contributed by atoms with Gasteiger partial charge in [-0.2, -0.15) is 13.2 Å². The Morgan fingerprint density at radius 2 is 1.24 bits per heavy atom. The van der Waals surface area contributed by atoms with Gasteiger partial charge in [-0.25, -0.2) is 0 Å². The number of hydrogen-bond donors (Lipinski definition) is 2. The van der Waals surface area contributed by atoms with Gasteiger partial charge in [0.2, 0.25) is 5.60 Å². The molecule has 3 aromatic rings. The smallest absolute Gasteiger partial charge is 0.388 e. The second-order valence-corrected chi connectivity index (χ2v) is 8.62. The molecule has 0 aliphatic heterocycles. The largest absolute Gasteiger partial charge is 0.425 e. The molecular weight excluding hydrogens is 425 g/mol. The van der Waals surface area contributed by atoms with Crippen molar-refractivity contribution in [3.8, 4) is 0 Å². The molecule has 0 aliphatic carbocycles. The van der Waals surface area contributed by atoms with Gasteiger partial charge in [0.15, 0.2) is 0 Å². The lowest BCUT2D eigenvalue weighted by atomic mass is 9.81. The fraction of sp³-hybridized carbons (Fsp3) is 0.286. The summed E-state index contributed by atoms with van der Waals surface area (Å²) in [5, 5.41) is 21.9. The van der Waals surface area contributed by atoms with E-state index in [0.29, 0.717) is 11.1 Å². The summed E-state index contributed by atoms with van der Waals surface area (Å²) in [6.45, 7) is 5.59. The number of hydrogen-bond acceptors (Lipinski definition) is 2. The normalized spacial score (nSPS) is 15.2. The van der Waals surface area contributed by atoms with Gasteiger partial charge in [0, 0.05) is 0 Å². The van der Waals surface area contributed by atoms with E-state index in [1.54, 1.807) is 43.3 Å². The molecule has 0 heterocycles. The number of aliphatic hydroxyl groups excluding tert-OH is 1. The molecule has 0 fully saturated rings. The third-order valence-electron chi connectivity index (χ3n) is 5.91. The van der Waals surface area contributed by atoms with E-state index in [0.717, 1.165) is 16.7 Å². The van der Waals surface area contributed by atoms with Crippen LogP contribution in [0.1, 0.15) is 52.3 Å². The summed E-state index contributed by atoms with van der Waals surface area (Å²) in [4.78, 5) is 0. The summed E-state index contributed by atoms with van der Waals surface area (Å²) in [7, 11) is 0. The Kier molecular flexibility index (Phi) is 7.45. The fourth-order valence-electron chi connectivity index (χ4n) is 3.79. The molecule has 0 aromatic heterocycles. The van der Waals surface area contributed by atoms with Crippen LogP contribution in [0.15, 0.2) is 78.4 Å². The maximum absolute atomic E-state index is 14.4. The second kappa shape index (κ2) is 9.94. The van der Waals surface area contributed by atoms with Gasteiger partial charge in [0.25, 0.3) is 0 Å².